The van der Waals surface area contributed by atoms with Gasteiger partial charge in [0.15, 0.2) is 0 Å². The van der Waals surface area contributed by atoms with Crippen molar-refractivity contribution in [3.8, 4) is 0 Å². The van der Waals surface area contributed by atoms with Crippen LogP contribution in [0.1, 0.15) is 66.1 Å². The Hall–Kier alpha value is -2.77. The van der Waals surface area contributed by atoms with Crippen molar-refractivity contribution in [2.75, 3.05) is 46.8 Å². The van der Waals surface area contributed by atoms with E-state index in [2.05, 4.69) is 66.8 Å². The van der Waals surface area contributed by atoms with Crippen LogP contribution in [-0.2, 0) is 18.9 Å². The molecule has 3 atom stereocenters. The summed E-state index contributed by atoms with van der Waals surface area (Å²) in [5.74, 6) is 0.175. The van der Waals surface area contributed by atoms with Crippen LogP contribution in [0.3, 0.4) is 0 Å². The zero-order valence-corrected chi connectivity index (χ0v) is 22.7. The van der Waals surface area contributed by atoms with Crippen molar-refractivity contribution in [1.82, 2.24) is 5.32 Å². The third-order valence-corrected chi connectivity index (χ3v) is 7.33. The van der Waals surface area contributed by atoms with Crippen molar-refractivity contribution in [3.63, 3.8) is 0 Å². The summed E-state index contributed by atoms with van der Waals surface area (Å²) in [4.78, 5) is 12.4. The molecule has 1 fully saturated rings. The average Bonchev–Trinajstić information content (AvgIpc) is 2.96. The first-order valence-electron chi connectivity index (χ1n) is 13.8. The van der Waals surface area contributed by atoms with Gasteiger partial charge in [-0.2, -0.15) is 0 Å². The molecular formula is C32H41NO5. The molecule has 38 heavy (non-hydrogen) atoms. The van der Waals surface area contributed by atoms with Crippen molar-refractivity contribution < 1.29 is 23.7 Å². The van der Waals surface area contributed by atoms with E-state index >= 15 is 0 Å². The van der Waals surface area contributed by atoms with Gasteiger partial charge in [0.1, 0.15) is 6.61 Å². The van der Waals surface area contributed by atoms with E-state index in [1.165, 1.54) is 41.2 Å². The number of nitrogens with one attached hydrogen (secondary N) is 1. The van der Waals surface area contributed by atoms with Crippen molar-refractivity contribution in [2.45, 2.75) is 50.6 Å². The van der Waals surface area contributed by atoms with Gasteiger partial charge in [-0.3, -0.25) is 0 Å². The largest absolute Gasteiger partial charge is 0.460 e. The normalized spacial score (nSPS) is 18.4. The molecule has 6 heteroatoms. The van der Waals surface area contributed by atoms with Crippen molar-refractivity contribution in [3.05, 3.63) is 83.4 Å². The van der Waals surface area contributed by atoms with Gasteiger partial charge in [0, 0.05) is 19.2 Å². The number of ether oxygens (including phenoxy) is 4. The van der Waals surface area contributed by atoms with Gasteiger partial charge >= 0.3 is 5.97 Å². The highest BCUT2D eigenvalue weighted by molar-refractivity contribution is 5.89. The Labute approximate surface area is 226 Å². The Morgan fingerprint density at radius 2 is 1.58 bits per heavy atom. The first kappa shape index (κ1) is 28.2. The molecule has 1 aliphatic carbocycles. The molecule has 0 spiro atoms. The zero-order chi connectivity index (χ0) is 26.6. The van der Waals surface area contributed by atoms with Crippen LogP contribution in [0, 0.1) is 0 Å². The molecule has 6 nitrogen and oxygen atoms in total. The Kier molecular flexibility index (Phi) is 11.1. The summed E-state index contributed by atoms with van der Waals surface area (Å²) in [6.45, 7) is 4.93. The molecule has 3 aromatic rings. The van der Waals surface area contributed by atoms with Crippen molar-refractivity contribution in [2.24, 2.45) is 0 Å². The summed E-state index contributed by atoms with van der Waals surface area (Å²) in [5, 5.41) is 6.52. The maximum atomic E-state index is 12.4. The van der Waals surface area contributed by atoms with E-state index in [1.54, 1.807) is 7.11 Å². The van der Waals surface area contributed by atoms with Gasteiger partial charge in [-0.1, -0.05) is 61.0 Å². The Balaban J connectivity index is 1.22. The molecule has 204 valence electrons. The second-order valence-corrected chi connectivity index (χ2v) is 9.99. The third-order valence-electron chi connectivity index (χ3n) is 7.33. The van der Waals surface area contributed by atoms with Crippen LogP contribution >= 0.6 is 0 Å². The molecule has 0 aromatic heterocycles. The van der Waals surface area contributed by atoms with E-state index in [4.69, 9.17) is 18.9 Å². The predicted octanol–water partition coefficient (Wildman–Crippen LogP) is 6.05. The minimum atomic E-state index is -0.316. The fraction of sp³-hybridized carbons (Fsp3) is 0.469. The van der Waals surface area contributed by atoms with Gasteiger partial charge in [-0.15, -0.1) is 0 Å². The van der Waals surface area contributed by atoms with E-state index in [-0.39, 0.29) is 18.6 Å². The summed E-state index contributed by atoms with van der Waals surface area (Å²) >= 11 is 0. The highest BCUT2D eigenvalue weighted by Gasteiger charge is 2.25. The maximum absolute atomic E-state index is 12.4. The Bertz CT molecular complexity index is 1130. The van der Waals surface area contributed by atoms with E-state index in [0.717, 1.165) is 6.42 Å². The first-order chi connectivity index (χ1) is 18.7. The molecule has 0 bridgehead atoms. The molecular weight excluding hydrogens is 478 g/mol. The molecule has 1 N–H and O–H groups in total. The topological polar surface area (TPSA) is 66.0 Å². The second-order valence-electron chi connectivity index (χ2n) is 9.99. The molecule has 0 saturated heterocycles. The molecule has 0 radical (unpaired) electrons. The SMILES string of the molecule is COCCOCCOCCOC(=O)c1ccc([C@H]2CCCC(NC(C)c3cccc4ccccc34)C2)cc1. The molecule has 3 aromatic carbocycles. The molecule has 1 saturated carbocycles. The maximum Gasteiger partial charge on any atom is 0.338 e. The average molecular weight is 520 g/mol. The lowest BCUT2D eigenvalue weighted by molar-refractivity contribution is 0.00570. The Morgan fingerprint density at radius 1 is 0.868 bits per heavy atom. The standard InChI is InChI=1S/C32H41NO5/c1-24(30-12-6-8-26-7-3-4-11-31(26)30)33-29-10-5-9-28(23-29)25-13-15-27(16-14-25)32(34)38-22-21-37-20-19-36-18-17-35-2/h3-4,6-8,11-16,24,28-29,33H,5,9-10,17-23H2,1-2H3/t24?,28-,29?/m0/s1. The lowest BCUT2D eigenvalue weighted by atomic mass is 9.81. The molecule has 0 amide bonds. The predicted molar refractivity (Wildman–Crippen MR) is 151 cm³/mol. The lowest BCUT2D eigenvalue weighted by Gasteiger charge is -2.32. The number of hydrogen-bond donors (Lipinski definition) is 1. The number of benzene rings is 3. The minimum absolute atomic E-state index is 0.226. The number of rotatable bonds is 14. The quantitative estimate of drug-likeness (QED) is 0.207. The number of esters is 1. The van der Waals surface area contributed by atoms with Crippen LogP contribution in [0.2, 0.25) is 0 Å². The molecule has 0 heterocycles. The van der Waals surface area contributed by atoms with Crippen LogP contribution in [0.25, 0.3) is 10.8 Å². The van der Waals surface area contributed by atoms with Crippen LogP contribution in [0.5, 0.6) is 0 Å². The van der Waals surface area contributed by atoms with Crippen LogP contribution in [0.4, 0.5) is 0 Å². The van der Waals surface area contributed by atoms with E-state index < -0.39 is 0 Å². The van der Waals surface area contributed by atoms with Gasteiger partial charge in [0.25, 0.3) is 0 Å². The summed E-state index contributed by atoms with van der Waals surface area (Å²) in [7, 11) is 1.64. The number of fused-ring (bicyclic) bond motifs is 1. The van der Waals surface area contributed by atoms with Crippen molar-refractivity contribution in [1.29, 1.82) is 0 Å². The monoisotopic (exact) mass is 519 g/mol. The second kappa shape index (κ2) is 15.0. The Morgan fingerprint density at radius 3 is 2.37 bits per heavy atom. The van der Waals surface area contributed by atoms with Crippen LogP contribution < -0.4 is 5.32 Å². The van der Waals surface area contributed by atoms with Crippen molar-refractivity contribution >= 4 is 16.7 Å². The molecule has 2 unspecified atom stereocenters. The molecule has 0 aliphatic heterocycles. The van der Waals surface area contributed by atoms with E-state index in [0.29, 0.717) is 50.6 Å². The van der Waals surface area contributed by atoms with Gasteiger partial charge in [0.2, 0.25) is 0 Å². The van der Waals surface area contributed by atoms with E-state index in [9.17, 15) is 4.79 Å². The zero-order valence-electron chi connectivity index (χ0n) is 22.7. The summed E-state index contributed by atoms with van der Waals surface area (Å²) < 4.78 is 21.0. The number of methoxy groups -OCH3 is 1. The van der Waals surface area contributed by atoms with Gasteiger partial charge in [-0.05, 0) is 66.1 Å². The number of carbonyl (C=O) groups is 1. The lowest BCUT2D eigenvalue weighted by Crippen LogP contribution is -2.35. The highest BCUT2D eigenvalue weighted by Crippen LogP contribution is 2.34. The molecule has 4 rings (SSSR count). The first-order valence-corrected chi connectivity index (χ1v) is 13.8. The third kappa shape index (κ3) is 8.11. The van der Waals surface area contributed by atoms with Gasteiger partial charge in [0.05, 0.1) is 38.6 Å². The summed E-state index contributed by atoms with van der Waals surface area (Å²) in [6.07, 6.45) is 4.67. The fourth-order valence-corrected chi connectivity index (χ4v) is 5.35. The minimum Gasteiger partial charge on any atom is -0.460 e. The number of carbonyl (C=O) groups excluding carboxylic acids is 1. The van der Waals surface area contributed by atoms with Crippen LogP contribution in [0.15, 0.2) is 66.7 Å². The van der Waals surface area contributed by atoms with Gasteiger partial charge < -0.3 is 24.3 Å². The van der Waals surface area contributed by atoms with Gasteiger partial charge in [-0.25, -0.2) is 4.79 Å². The fourth-order valence-electron chi connectivity index (χ4n) is 5.35. The highest BCUT2D eigenvalue weighted by atomic mass is 16.6. The smallest absolute Gasteiger partial charge is 0.338 e. The van der Waals surface area contributed by atoms with E-state index in [1.807, 2.05) is 12.1 Å². The number of hydrogen-bond acceptors (Lipinski definition) is 6. The molecule has 1 aliphatic rings. The van der Waals surface area contributed by atoms with Crippen LogP contribution in [-0.4, -0.2) is 58.8 Å². The summed E-state index contributed by atoms with van der Waals surface area (Å²) in [6, 6.07) is 23.9. The summed E-state index contributed by atoms with van der Waals surface area (Å²) in [5.41, 5.74) is 3.23.